The Morgan fingerprint density at radius 1 is 1.22 bits per heavy atom. The van der Waals surface area contributed by atoms with Crippen molar-refractivity contribution in [1.29, 1.82) is 0 Å². The van der Waals surface area contributed by atoms with Gasteiger partial charge in [0.2, 0.25) is 0 Å². The van der Waals surface area contributed by atoms with Crippen molar-refractivity contribution >= 4 is 29.7 Å². The summed E-state index contributed by atoms with van der Waals surface area (Å²) >= 11 is 6.11. The number of fused-ring (bicyclic) bond motifs is 1. The van der Waals surface area contributed by atoms with E-state index in [9.17, 15) is 0 Å². The van der Waals surface area contributed by atoms with Gasteiger partial charge in [-0.25, -0.2) is 4.98 Å². The molecule has 1 unspecified atom stereocenters. The molecule has 0 amide bonds. The number of aromatic nitrogens is 2. The van der Waals surface area contributed by atoms with Crippen molar-refractivity contribution in [2.45, 2.75) is 19.0 Å². The van der Waals surface area contributed by atoms with Gasteiger partial charge in [-0.15, -0.1) is 12.4 Å². The molecule has 2 saturated heterocycles. The van der Waals surface area contributed by atoms with Crippen LogP contribution in [0.5, 0.6) is 0 Å². The monoisotopic (exact) mass is 355 g/mol. The van der Waals surface area contributed by atoms with E-state index < -0.39 is 0 Å². The van der Waals surface area contributed by atoms with Crippen molar-refractivity contribution in [1.82, 2.24) is 24.5 Å². The number of nitrogens with one attached hydrogen (secondary N) is 1. The number of halogens is 2. The summed E-state index contributed by atoms with van der Waals surface area (Å²) in [7, 11) is 0. The van der Waals surface area contributed by atoms with E-state index >= 15 is 0 Å². The molecule has 5 nitrogen and oxygen atoms in total. The molecule has 0 radical (unpaired) electrons. The minimum absolute atomic E-state index is 0. The number of imidazole rings is 1. The van der Waals surface area contributed by atoms with E-state index in [1.54, 1.807) is 0 Å². The molecule has 126 valence electrons. The summed E-state index contributed by atoms with van der Waals surface area (Å²) in [6.45, 7) is 7.90. The third-order valence-corrected chi connectivity index (χ3v) is 5.07. The van der Waals surface area contributed by atoms with Gasteiger partial charge >= 0.3 is 0 Å². The van der Waals surface area contributed by atoms with Crippen LogP contribution < -0.4 is 5.32 Å². The van der Waals surface area contributed by atoms with Crippen LogP contribution in [0.15, 0.2) is 24.5 Å². The number of hydrogen-bond acceptors (Lipinski definition) is 4. The normalized spacial score (nSPS) is 23.3. The third kappa shape index (κ3) is 3.64. The van der Waals surface area contributed by atoms with Crippen molar-refractivity contribution < 1.29 is 0 Å². The van der Waals surface area contributed by atoms with Gasteiger partial charge in [0, 0.05) is 58.1 Å². The maximum atomic E-state index is 6.11. The van der Waals surface area contributed by atoms with E-state index in [2.05, 4.69) is 24.5 Å². The summed E-state index contributed by atoms with van der Waals surface area (Å²) in [6.07, 6.45) is 5.21. The highest BCUT2D eigenvalue weighted by molar-refractivity contribution is 6.30. The molecule has 0 saturated carbocycles. The van der Waals surface area contributed by atoms with E-state index in [1.807, 2.05) is 24.5 Å². The molecule has 2 aliphatic rings. The second kappa shape index (κ2) is 7.36. The minimum atomic E-state index is 0. The van der Waals surface area contributed by atoms with Crippen LogP contribution in [-0.4, -0.2) is 64.5 Å². The second-order valence-electron chi connectivity index (χ2n) is 6.29. The fourth-order valence-electron chi connectivity index (χ4n) is 3.65. The summed E-state index contributed by atoms with van der Waals surface area (Å²) < 4.78 is 2.11. The summed E-state index contributed by atoms with van der Waals surface area (Å²) in [5, 5.41) is 4.19. The lowest BCUT2D eigenvalue weighted by Gasteiger charge is -2.32. The maximum Gasteiger partial charge on any atom is 0.137 e. The zero-order valence-corrected chi connectivity index (χ0v) is 14.7. The zero-order valence-electron chi connectivity index (χ0n) is 13.1. The smallest absolute Gasteiger partial charge is 0.137 e. The largest absolute Gasteiger partial charge is 0.314 e. The van der Waals surface area contributed by atoms with Gasteiger partial charge in [-0.05, 0) is 18.6 Å². The molecular weight excluding hydrogens is 333 g/mol. The van der Waals surface area contributed by atoms with Crippen LogP contribution in [0.3, 0.4) is 0 Å². The Morgan fingerprint density at radius 2 is 2.04 bits per heavy atom. The number of piperazine rings is 1. The van der Waals surface area contributed by atoms with Gasteiger partial charge in [-0.3, -0.25) is 9.80 Å². The fraction of sp³-hybridized carbons (Fsp3) is 0.562. The summed E-state index contributed by atoms with van der Waals surface area (Å²) in [6, 6.07) is 4.58. The predicted molar refractivity (Wildman–Crippen MR) is 95.6 cm³/mol. The lowest BCUT2D eigenvalue weighted by Crippen LogP contribution is -2.49. The molecule has 1 N–H and O–H groups in total. The first kappa shape index (κ1) is 17.0. The molecule has 0 aliphatic carbocycles. The number of rotatable bonds is 3. The Kier molecular flexibility index (Phi) is 5.44. The highest BCUT2D eigenvalue weighted by Crippen LogP contribution is 2.20. The highest BCUT2D eigenvalue weighted by atomic mass is 35.5. The fourth-order valence-corrected chi connectivity index (χ4v) is 3.81. The topological polar surface area (TPSA) is 35.8 Å². The average Bonchev–Trinajstić information content (AvgIpc) is 3.16. The number of pyridine rings is 1. The van der Waals surface area contributed by atoms with Crippen LogP contribution >= 0.6 is 24.0 Å². The van der Waals surface area contributed by atoms with Crippen LogP contribution in [0.2, 0.25) is 5.02 Å². The molecule has 7 heteroatoms. The predicted octanol–water partition coefficient (Wildman–Crippen LogP) is 1.89. The third-order valence-electron chi connectivity index (χ3n) is 4.85. The standard InChI is InChI=1S/C16H22ClN5.ClH/c17-13-1-2-16-19-9-15(22(16)10-13)12-20-6-3-14(11-20)21-7-4-18-5-8-21;/h1-2,9-10,14,18H,3-8,11-12H2;1H. The van der Waals surface area contributed by atoms with E-state index in [0.29, 0.717) is 6.04 Å². The molecule has 1 atom stereocenters. The first-order valence-electron chi connectivity index (χ1n) is 8.08. The average molecular weight is 356 g/mol. The van der Waals surface area contributed by atoms with E-state index in [0.717, 1.165) is 36.8 Å². The van der Waals surface area contributed by atoms with E-state index in [4.69, 9.17) is 11.6 Å². The van der Waals surface area contributed by atoms with Gasteiger partial charge in [0.1, 0.15) is 5.65 Å². The van der Waals surface area contributed by atoms with E-state index in [1.165, 1.54) is 31.7 Å². The lowest BCUT2D eigenvalue weighted by molar-refractivity contribution is 0.170. The summed E-state index contributed by atoms with van der Waals surface area (Å²) in [5.74, 6) is 0. The molecule has 23 heavy (non-hydrogen) atoms. The number of likely N-dealkylation sites (tertiary alicyclic amines) is 1. The lowest BCUT2D eigenvalue weighted by atomic mass is 10.2. The SMILES string of the molecule is Cl.Clc1ccc2ncc(CN3CCC(N4CCNCC4)C3)n2c1. The molecule has 2 aromatic heterocycles. The minimum Gasteiger partial charge on any atom is -0.314 e. The zero-order chi connectivity index (χ0) is 14.9. The number of hydrogen-bond donors (Lipinski definition) is 1. The second-order valence-corrected chi connectivity index (χ2v) is 6.73. The Hall–Kier alpha value is -0.850. The van der Waals surface area contributed by atoms with Gasteiger partial charge in [0.15, 0.2) is 0 Å². The Balaban J connectivity index is 0.00000156. The molecule has 4 rings (SSSR count). The highest BCUT2D eigenvalue weighted by Gasteiger charge is 2.28. The maximum absolute atomic E-state index is 6.11. The summed E-state index contributed by atoms with van der Waals surface area (Å²) in [4.78, 5) is 9.65. The van der Waals surface area contributed by atoms with Crippen LogP contribution in [0.25, 0.3) is 5.65 Å². The van der Waals surface area contributed by atoms with Crippen molar-refractivity contribution in [2.75, 3.05) is 39.3 Å². The van der Waals surface area contributed by atoms with Crippen molar-refractivity contribution in [3.63, 3.8) is 0 Å². The summed E-state index contributed by atoms with van der Waals surface area (Å²) in [5.41, 5.74) is 2.19. The van der Waals surface area contributed by atoms with E-state index in [-0.39, 0.29) is 12.4 Å². The Morgan fingerprint density at radius 3 is 2.87 bits per heavy atom. The first-order valence-corrected chi connectivity index (χ1v) is 8.46. The van der Waals surface area contributed by atoms with Gasteiger partial charge in [0.25, 0.3) is 0 Å². The van der Waals surface area contributed by atoms with Crippen LogP contribution in [-0.2, 0) is 6.54 Å². The molecule has 0 spiro atoms. The molecule has 4 heterocycles. The Labute approximate surface area is 148 Å². The number of nitrogens with zero attached hydrogens (tertiary/aromatic N) is 4. The Bertz CT molecular complexity index is 653. The molecule has 0 aromatic carbocycles. The van der Waals surface area contributed by atoms with Crippen molar-refractivity contribution in [3.8, 4) is 0 Å². The quantitative estimate of drug-likeness (QED) is 0.911. The van der Waals surface area contributed by atoms with Crippen molar-refractivity contribution in [3.05, 3.63) is 35.2 Å². The van der Waals surface area contributed by atoms with Gasteiger partial charge in [0.05, 0.1) is 16.9 Å². The molecular formula is C16H23Cl2N5. The van der Waals surface area contributed by atoms with Crippen LogP contribution in [0.4, 0.5) is 0 Å². The van der Waals surface area contributed by atoms with Gasteiger partial charge in [-0.2, -0.15) is 0 Å². The first-order chi connectivity index (χ1) is 10.8. The van der Waals surface area contributed by atoms with Crippen LogP contribution in [0, 0.1) is 0 Å². The molecule has 0 bridgehead atoms. The van der Waals surface area contributed by atoms with Crippen LogP contribution in [0.1, 0.15) is 12.1 Å². The molecule has 2 aromatic rings. The van der Waals surface area contributed by atoms with Gasteiger partial charge in [-0.1, -0.05) is 11.6 Å². The van der Waals surface area contributed by atoms with Gasteiger partial charge < -0.3 is 9.72 Å². The van der Waals surface area contributed by atoms with Crippen molar-refractivity contribution in [2.24, 2.45) is 0 Å². The molecule has 2 fully saturated rings. The molecule has 2 aliphatic heterocycles.